The summed E-state index contributed by atoms with van der Waals surface area (Å²) in [5.74, 6) is 1.07. The maximum atomic E-state index is 6.36. The first-order valence-corrected chi connectivity index (χ1v) is 7.14. The van der Waals surface area contributed by atoms with E-state index in [4.69, 9.17) is 28.9 Å². The van der Waals surface area contributed by atoms with Crippen molar-refractivity contribution in [2.45, 2.75) is 26.3 Å². The molecular formula is C14H19Cl2N3. The van der Waals surface area contributed by atoms with Gasteiger partial charge in [-0.1, -0.05) is 49.2 Å². The lowest BCUT2D eigenvalue weighted by Gasteiger charge is -2.38. The molecule has 19 heavy (non-hydrogen) atoms. The molecule has 1 aliphatic rings. The Kier molecular flexibility index (Phi) is 3.98. The van der Waals surface area contributed by atoms with Crippen LogP contribution in [-0.2, 0) is 5.54 Å². The second kappa shape index (κ2) is 5.22. The summed E-state index contributed by atoms with van der Waals surface area (Å²) in [4.78, 5) is 6.51. The van der Waals surface area contributed by atoms with E-state index in [1.54, 1.807) is 6.07 Å². The maximum Gasteiger partial charge on any atom is 0.192 e. The van der Waals surface area contributed by atoms with E-state index in [2.05, 4.69) is 30.7 Å². The van der Waals surface area contributed by atoms with Crippen LogP contribution in [0, 0.1) is 5.92 Å². The Morgan fingerprint density at radius 3 is 2.74 bits per heavy atom. The highest BCUT2D eigenvalue weighted by molar-refractivity contribution is 6.42. The molecular weight excluding hydrogens is 281 g/mol. The van der Waals surface area contributed by atoms with Crippen molar-refractivity contribution in [3.05, 3.63) is 33.8 Å². The molecule has 5 heteroatoms. The number of rotatable bonds is 3. The Morgan fingerprint density at radius 2 is 2.11 bits per heavy atom. The van der Waals surface area contributed by atoms with Crippen LogP contribution in [0.5, 0.6) is 0 Å². The number of hydrogen-bond donors (Lipinski definition) is 1. The Bertz CT molecular complexity index is 513. The zero-order chi connectivity index (χ0) is 14.2. The van der Waals surface area contributed by atoms with Gasteiger partial charge in [0.2, 0.25) is 0 Å². The number of aliphatic imine (C=N–C) groups is 1. The van der Waals surface area contributed by atoms with Crippen molar-refractivity contribution in [2.75, 3.05) is 13.1 Å². The standard InChI is InChI=1S/C14H19Cl2N3/c1-9(2)7-19-13(17)18-8-14(19,3)10-5-4-6-11(15)12(10)16/h4-6,9H,7-8H2,1-3H3,(H2,17,18). The maximum absolute atomic E-state index is 6.36. The number of guanidine groups is 1. The van der Waals surface area contributed by atoms with Crippen molar-refractivity contribution < 1.29 is 0 Å². The van der Waals surface area contributed by atoms with Crippen molar-refractivity contribution in [1.29, 1.82) is 0 Å². The van der Waals surface area contributed by atoms with Crippen LogP contribution in [0.25, 0.3) is 0 Å². The second-order valence-electron chi connectivity index (χ2n) is 5.55. The molecule has 0 aliphatic carbocycles. The van der Waals surface area contributed by atoms with E-state index in [-0.39, 0.29) is 5.54 Å². The molecule has 3 nitrogen and oxygen atoms in total. The highest BCUT2D eigenvalue weighted by Crippen LogP contribution is 2.39. The van der Waals surface area contributed by atoms with Crippen LogP contribution in [0.2, 0.25) is 10.0 Å². The van der Waals surface area contributed by atoms with Gasteiger partial charge < -0.3 is 10.6 Å². The number of benzene rings is 1. The molecule has 0 radical (unpaired) electrons. The zero-order valence-electron chi connectivity index (χ0n) is 11.5. The minimum absolute atomic E-state index is 0.323. The number of nitrogens with two attached hydrogens (primary N) is 1. The Balaban J connectivity index is 2.44. The van der Waals surface area contributed by atoms with Gasteiger partial charge in [-0.2, -0.15) is 0 Å². The lowest BCUT2D eigenvalue weighted by Crippen LogP contribution is -2.49. The highest BCUT2D eigenvalue weighted by Gasteiger charge is 2.41. The van der Waals surface area contributed by atoms with Gasteiger partial charge in [-0.05, 0) is 24.5 Å². The first-order chi connectivity index (χ1) is 8.86. The highest BCUT2D eigenvalue weighted by atomic mass is 35.5. The molecule has 0 saturated carbocycles. The third-order valence-electron chi connectivity index (χ3n) is 3.50. The van der Waals surface area contributed by atoms with Gasteiger partial charge in [0, 0.05) is 6.54 Å². The molecule has 2 rings (SSSR count). The lowest BCUT2D eigenvalue weighted by molar-refractivity contribution is 0.204. The fraction of sp³-hybridized carbons (Fsp3) is 0.500. The fourth-order valence-electron chi connectivity index (χ4n) is 2.47. The van der Waals surface area contributed by atoms with Crippen molar-refractivity contribution in [1.82, 2.24) is 4.90 Å². The molecule has 1 aromatic carbocycles. The van der Waals surface area contributed by atoms with Crippen LogP contribution >= 0.6 is 23.2 Å². The number of hydrogen-bond acceptors (Lipinski definition) is 3. The molecule has 2 N–H and O–H groups in total. The van der Waals surface area contributed by atoms with Crippen molar-refractivity contribution in [3.63, 3.8) is 0 Å². The third kappa shape index (κ3) is 2.54. The number of nitrogens with zero attached hydrogens (tertiary/aromatic N) is 2. The second-order valence-corrected chi connectivity index (χ2v) is 6.34. The van der Waals surface area contributed by atoms with Gasteiger partial charge in [0.25, 0.3) is 0 Å². The predicted octanol–water partition coefficient (Wildman–Crippen LogP) is 3.49. The average molecular weight is 300 g/mol. The summed E-state index contributed by atoms with van der Waals surface area (Å²) in [5, 5.41) is 1.15. The average Bonchev–Trinajstić information content (AvgIpc) is 2.61. The molecule has 1 aliphatic heterocycles. The molecule has 104 valence electrons. The first-order valence-electron chi connectivity index (χ1n) is 6.38. The normalized spacial score (nSPS) is 23.1. The van der Waals surface area contributed by atoms with Gasteiger partial charge in [-0.25, -0.2) is 0 Å². The molecule has 0 saturated heterocycles. The Labute approximate surface area is 124 Å². The van der Waals surface area contributed by atoms with E-state index >= 15 is 0 Å². The molecule has 0 spiro atoms. The van der Waals surface area contributed by atoms with Crippen molar-refractivity contribution in [2.24, 2.45) is 16.6 Å². The van der Waals surface area contributed by atoms with Gasteiger partial charge in [0.05, 0.1) is 22.1 Å². The van der Waals surface area contributed by atoms with Crippen LogP contribution in [0.4, 0.5) is 0 Å². The molecule has 1 unspecified atom stereocenters. The zero-order valence-corrected chi connectivity index (χ0v) is 13.0. The topological polar surface area (TPSA) is 41.6 Å². The summed E-state index contributed by atoms with van der Waals surface area (Å²) in [7, 11) is 0. The van der Waals surface area contributed by atoms with E-state index in [1.807, 2.05) is 12.1 Å². The van der Waals surface area contributed by atoms with Gasteiger partial charge >= 0.3 is 0 Å². The van der Waals surface area contributed by atoms with E-state index < -0.39 is 0 Å². The van der Waals surface area contributed by atoms with Crippen LogP contribution in [0.1, 0.15) is 26.3 Å². The van der Waals surface area contributed by atoms with Crippen LogP contribution in [-0.4, -0.2) is 23.9 Å². The van der Waals surface area contributed by atoms with Gasteiger partial charge in [-0.3, -0.25) is 4.99 Å². The largest absolute Gasteiger partial charge is 0.370 e. The molecule has 0 aromatic heterocycles. The molecule has 1 heterocycles. The summed E-state index contributed by atoms with van der Waals surface area (Å²) in [6, 6.07) is 5.70. The summed E-state index contributed by atoms with van der Waals surface area (Å²) in [6.45, 7) is 7.87. The van der Waals surface area contributed by atoms with Crippen LogP contribution < -0.4 is 5.73 Å². The predicted molar refractivity (Wildman–Crippen MR) is 81.8 cm³/mol. The molecule has 1 aromatic rings. The number of halogens is 2. The molecule has 1 atom stereocenters. The summed E-state index contributed by atoms with van der Waals surface area (Å²) >= 11 is 12.5. The third-order valence-corrected chi connectivity index (χ3v) is 4.32. The van der Waals surface area contributed by atoms with E-state index in [9.17, 15) is 0 Å². The molecule has 0 fully saturated rings. The monoisotopic (exact) mass is 299 g/mol. The van der Waals surface area contributed by atoms with Gasteiger partial charge in [0.15, 0.2) is 5.96 Å². The fourth-order valence-corrected chi connectivity index (χ4v) is 2.97. The van der Waals surface area contributed by atoms with E-state index in [0.29, 0.717) is 28.5 Å². The molecule has 0 amide bonds. The molecule has 0 bridgehead atoms. The van der Waals surface area contributed by atoms with Gasteiger partial charge in [-0.15, -0.1) is 0 Å². The SMILES string of the molecule is CC(C)CN1C(N)=NCC1(C)c1cccc(Cl)c1Cl. The van der Waals surface area contributed by atoms with Crippen molar-refractivity contribution >= 4 is 29.2 Å². The van der Waals surface area contributed by atoms with E-state index in [1.165, 1.54) is 0 Å². The van der Waals surface area contributed by atoms with Crippen LogP contribution in [0.3, 0.4) is 0 Å². The van der Waals surface area contributed by atoms with Crippen molar-refractivity contribution in [3.8, 4) is 0 Å². The van der Waals surface area contributed by atoms with Gasteiger partial charge in [0.1, 0.15) is 0 Å². The Morgan fingerprint density at radius 1 is 1.42 bits per heavy atom. The first kappa shape index (κ1) is 14.5. The van der Waals surface area contributed by atoms with Crippen LogP contribution in [0.15, 0.2) is 23.2 Å². The Hall–Kier alpha value is -0.930. The summed E-state index contributed by atoms with van der Waals surface area (Å²) in [5.41, 5.74) is 6.68. The smallest absolute Gasteiger partial charge is 0.192 e. The summed E-state index contributed by atoms with van der Waals surface area (Å²) in [6.07, 6.45) is 0. The minimum Gasteiger partial charge on any atom is -0.370 e. The quantitative estimate of drug-likeness (QED) is 0.928. The van der Waals surface area contributed by atoms with E-state index in [0.717, 1.165) is 12.1 Å². The lowest BCUT2D eigenvalue weighted by atomic mass is 9.90. The summed E-state index contributed by atoms with van der Waals surface area (Å²) < 4.78 is 0. The minimum atomic E-state index is -0.323.